The lowest BCUT2D eigenvalue weighted by molar-refractivity contribution is 0.0734. The first-order valence-electron chi connectivity index (χ1n) is 5.51. The quantitative estimate of drug-likeness (QED) is 0.608. The molecule has 0 saturated carbocycles. The van der Waals surface area contributed by atoms with Crippen molar-refractivity contribution >= 4 is 12.3 Å². The molecule has 18 heavy (non-hydrogen) atoms. The van der Waals surface area contributed by atoms with Crippen molar-refractivity contribution < 1.29 is 14.3 Å². The minimum atomic E-state index is -0.466. The van der Waals surface area contributed by atoms with Gasteiger partial charge in [0, 0.05) is 6.42 Å². The number of hydrogen-bond acceptors (Lipinski definition) is 3. The Bertz CT molecular complexity index is 547. The molecular weight excluding hydrogens is 228 g/mol. The Kier molecular flexibility index (Phi) is 3.86. The SMILES string of the molecule is O=[C]Cc1ccccc1C(=O)Oc1ccccc1. The van der Waals surface area contributed by atoms with Gasteiger partial charge in [0.2, 0.25) is 6.29 Å². The highest BCUT2D eigenvalue weighted by atomic mass is 16.5. The fraction of sp³-hybridized carbons (Fsp3) is 0.0667. The van der Waals surface area contributed by atoms with Gasteiger partial charge in [0.05, 0.1) is 5.56 Å². The van der Waals surface area contributed by atoms with Crippen molar-refractivity contribution in [3.8, 4) is 5.75 Å². The van der Waals surface area contributed by atoms with Gasteiger partial charge in [0.15, 0.2) is 0 Å². The van der Waals surface area contributed by atoms with E-state index >= 15 is 0 Å². The van der Waals surface area contributed by atoms with E-state index in [2.05, 4.69) is 0 Å². The molecule has 0 atom stereocenters. The Balaban J connectivity index is 2.21. The second kappa shape index (κ2) is 5.77. The summed E-state index contributed by atoms with van der Waals surface area (Å²) in [6, 6.07) is 15.7. The molecule has 0 bridgehead atoms. The standard InChI is InChI=1S/C15H11O3/c16-11-10-12-6-4-5-9-14(12)15(17)18-13-7-2-1-3-8-13/h1-9H,10H2. The van der Waals surface area contributed by atoms with Crippen LogP contribution >= 0.6 is 0 Å². The molecule has 89 valence electrons. The zero-order chi connectivity index (χ0) is 12.8. The van der Waals surface area contributed by atoms with E-state index in [1.54, 1.807) is 54.8 Å². The van der Waals surface area contributed by atoms with Crippen LogP contribution in [0.25, 0.3) is 0 Å². The highest BCUT2D eigenvalue weighted by molar-refractivity contribution is 5.93. The summed E-state index contributed by atoms with van der Waals surface area (Å²) in [5, 5.41) is 0. The summed E-state index contributed by atoms with van der Waals surface area (Å²) < 4.78 is 5.22. The van der Waals surface area contributed by atoms with E-state index in [0.717, 1.165) is 0 Å². The molecule has 3 nitrogen and oxygen atoms in total. The second-order valence-electron chi connectivity index (χ2n) is 3.68. The third-order valence-corrected chi connectivity index (χ3v) is 2.45. The molecule has 0 unspecified atom stereocenters. The van der Waals surface area contributed by atoms with Crippen LogP contribution in [0, 0.1) is 0 Å². The molecule has 2 aromatic rings. The molecule has 2 rings (SSSR count). The van der Waals surface area contributed by atoms with Crippen LogP contribution in [0.2, 0.25) is 0 Å². The Labute approximate surface area is 105 Å². The van der Waals surface area contributed by atoms with Crippen LogP contribution in [0.1, 0.15) is 15.9 Å². The van der Waals surface area contributed by atoms with Gasteiger partial charge in [-0.15, -0.1) is 0 Å². The highest BCUT2D eigenvalue weighted by Gasteiger charge is 2.12. The molecule has 0 heterocycles. The van der Waals surface area contributed by atoms with Crippen LogP contribution in [-0.4, -0.2) is 12.3 Å². The van der Waals surface area contributed by atoms with Gasteiger partial charge in [-0.05, 0) is 23.8 Å². The van der Waals surface area contributed by atoms with Crippen molar-refractivity contribution in [2.75, 3.05) is 0 Å². The Hall–Kier alpha value is -2.42. The molecular formula is C15H11O3. The molecule has 2 aromatic carbocycles. The van der Waals surface area contributed by atoms with Gasteiger partial charge in [-0.1, -0.05) is 36.4 Å². The molecule has 3 heteroatoms. The molecule has 0 spiro atoms. The molecule has 1 radical (unpaired) electrons. The minimum Gasteiger partial charge on any atom is -0.423 e. The summed E-state index contributed by atoms with van der Waals surface area (Å²) in [6.45, 7) is 0. The minimum absolute atomic E-state index is 0.0834. The summed E-state index contributed by atoms with van der Waals surface area (Å²) in [4.78, 5) is 22.4. The summed E-state index contributed by atoms with van der Waals surface area (Å²) in [5.74, 6) is 0.0134. The van der Waals surface area contributed by atoms with Crippen molar-refractivity contribution in [2.24, 2.45) is 0 Å². The third kappa shape index (κ3) is 2.83. The van der Waals surface area contributed by atoms with Crippen molar-refractivity contribution in [1.82, 2.24) is 0 Å². The average molecular weight is 239 g/mol. The number of rotatable bonds is 4. The fourth-order valence-electron chi connectivity index (χ4n) is 1.60. The lowest BCUT2D eigenvalue weighted by Gasteiger charge is -2.07. The number of carbonyl (C=O) groups excluding carboxylic acids is 2. The first-order chi connectivity index (χ1) is 8.81. The zero-order valence-electron chi connectivity index (χ0n) is 9.63. The number of hydrogen-bond donors (Lipinski definition) is 0. The molecule has 0 aliphatic carbocycles. The highest BCUT2D eigenvalue weighted by Crippen LogP contribution is 2.14. The normalized spacial score (nSPS) is 9.78. The van der Waals surface area contributed by atoms with Crippen molar-refractivity contribution in [1.29, 1.82) is 0 Å². The maximum absolute atomic E-state index is 12.0. The van der Waals surface area contributed by atoms with E-state index in [9.17, 15) is 9.59 Å². The van der Waals surface area contributed by atoms with Gasteiger partial charge in [0.1, 0.15) is 5.75 Å². The lowest BCUT2D eigenvalue weighted by Crippen LogP contribution is -2.11. The van der Waals surface area contributed by atoms with Crippen LogP contribution in [0.5, 0.6) is 5.75 Å². The maximum Gasteiger partial charge on any atom is 0.343 e. The fourth-order valence-corrected chi connectivity index (χ4v) is 1.60. The van der Waals surface area contributed by atoms with Crippen LogP contribution in [0.3, 0.4) is 0 Å². The Morgan fingerprint density at radius 1 is 1.00 bits per heavy atom. The average Bonchev–Trinajstić information content (AvgIpc) is 2.41. The summed E-state index contributed by atoms with van der Waals surface area (Å²) in [7, 11) is 0. The van der Waals surface area contributed by atoms with Crippen molar-refractivity contribution in [2.45, 2.75) is 6.42 Å². The van der Waals surface area contributed by atoms with Crippen LogP contribution < -0.4 is 4.74 Å². The van der Waals surface area contributed by atoms with Crippen LogP contribution in [-0.2, 0) is 11.2 Å². The largest absolute Gasteiger partial charge is 0.423 e. The van der Waals surface area contributed by atoms with Gasteiger partial charge < -0.3 is 4.74 Å². The van der Waals surface area contributed by atoms with Gasteiger partial charge in [-0.3, -0.25) is 4.79 Å². The monoisotopic (exact) mass is 239 g/mol. The van der Waals surface area contributed by atoms with E-state index in [4.69, 9.17) is 4.74 Å². The molecule has 0 fully saturated rings. The van der Waals surface area contributed by atoms with Crippen molar-refractivity contribution in [3.05, 3.63) is 65.7 Å². The molecule has 0 amide bonds. The number of ether oxygens (including phenoxy) is 1. The van der Waals surface area contributed by atoms with E-state index in [1.165, 1.54) is 0 Å². The van der Waals surface area contributed by atoms with E-state index in [0.29, 0.717) is 16.9 Å². The zero-order valence-corrected chi connectivity index (χ0v) is 9.63. The van der Waals surface area contributed by atoms with Crippen LogP contribution in [0.4, 0.5) is 0 Å². The molecule has 0 N–H and O–H groups in total. The predicted octanol–water partition coefficient (Wildman–Crippen LogP) is 2.56. The van der Waals surface area contributed by atoms with Gasteiger partial charge >= 0.3 is 5.97 Å². The topological polar surface area (TPSA) is 43.4 Å². The Morgan fingerprint density at radius 3 is 2.39 bits per heavy atom. The van der Waals surface area contributed by atoms with Gasteiger partial charge in [-0.2, -0.15) is 0 Å². The first-order valence-corrected chi connectivity index (χ1v) is 5.51. The number of esters is 1. The lowest BCUT2D eigenvalue weighted by atomic mass is 10.1. The van der Waals surface area contributed by atoms with E-state index < -0.39 is 5.97 Å². The summed E-state index contributed by atoms with van der Waals surface area (Å²) in [5.41, 5.74) is 1.01. The van der Waals surface area contributed by atoms with E-state index in [1.807, 2.05) is 6.07 Å². The van der Waals surface area contributed by atoms with Gasteiger partial charge in [0.25, 0.3) is 0 Å². The smallest absolute Gasteiger partial charge is 0.343 e. The maximum atomic E-state index is 12.0. The molecule has 0 saturated heterocycles. The summed E-state index contributed by atoms with van der Waals surface area (Å²) in [6.07, 6.45) is 1.87. The molecule has 0 aliphatic heterocycles. The third-order valence-electron chi connectivity index (χ3n) is 2.45. The Morgan fingerprint density at radius 2 is 1.67 bits per heavy atom. The predicted molar refractivity (Wildman–Crippen MR) is 67.2 cm³/mol. The molecule has 0 aliphatic rings. The first kappa shape index (κ1) is 12.0. The second-order valence-corrected chi connectivity index (χ2v) is 3.68. The number of carbonyl (C=O) groups is 1. The molecule has 0 aromatic heterocycles. The summed E-state index contributed by atoms with van der Waals surface area (Å²) >= 11 is 0. The number of para-hydroxylation sites is 1. The van der Waals surface area contributed by atoms with Crippen molar-refractivity contribution in [3.63, 3.8) is 0 Å². The van der Waals surface area contributed by atoms with E-state index in [-0.39, 0.29) is 6.42 Å². The number of benzene rings is 2. The van der Waals surface area contributed by atoms with Gasteiger partial charge in [-0.25, -0.2) is 4.79 Å². The van der Waals surface area contributed by atoms with Crippen LogP contribution in [0.15, 0.2) is 54.6 Å².